The van der Waals surface area contributed by atoms with E-state index in [1.54, 1.807) is 13.8 Å². The smallest absolute Gasteiger partial charge is 0.355 e. The summed E-state index contributed by atoms with van der Waals surface area (Å²) in [7, 11) is 0. The van der Waals surface area contributed by atoms with Crippen LogP contribution in [0.1, 0.15) is 24.3 Å². The minimum absolute atomic E-state index is 0.146. The van der Waals surface area contributed by atoms with Crippen LogP contribution in [0.5, 0.6) is 0 Å². The van der Waals surface area contributed by atoms with Gasteiger partial charge in [0.1, 0.15) is 5.69 Å². The van der Waals surface area contributed by atoms with E-state index >= 15 is 0 Å². The topological polar surface area (TPSA) is 92.0 Å². The molecule has 0 amide bonds. The van der Waals surface area contributed by atoms with Crippen LogP contribution >= 0.6 is 0 Å². The van der Waals surface area contributed by atoms with Gasteiger partial charge < -0.3 is 9.72 Å². The Hall–Kier alpha value is -1.85. The number of esters is 1. The van der Waals surface area contributed by atoms with E-state index in [0.29, 0.717) is 0 Å². The third-order valence-electron chi connectivity index (χ3n) is 1.32. The van der Waals surface area contributed by atoms with Gasteiger partial charge in [-0.3, -0.25) is 9.78 Å². The highest BCUT2D eigenvalue weighted by atomic mass is 16.5. The second-order valence-electron chi connectivity index (χ2n) is 2.96. The number of H-pyrrole nitrogens is 2. The van der Waals surface area contributed by atoms with Gasteiger partial charge in [-0.05, 0) is 13.8 Å². The molecule has 1 aromatic rings. The monoisotopic (exact) mass is 198 g/mol. The lowest BCUT2D eigenvalue weighted by molar-refractivity contribution is 0.0370. The number of aromatic amines is 2. The van der Waals surface area contributed by atoms with Crippen molar-refractivity contribution >= 4 is 5.97 Å². The van der Waals surface area contributed by atoms with E-state index in [-0.39, 0.29) is 11.8 Å². The maximum absolute atomic E-state index is 11.2. The van der Waals surface area contributed by atoms with Gasteiger partial charge in [0.05, 0.1) is 6.10 Å². The predicted octanol–water partition coefficient (Wildman–Crippen LogP) is -0.372. The molecule has 76 valence electrons. The summed E-state index contributed by atoms with van der Waals surface area (Å²) in [6.45, 7) is 3.34. The van der Waals surface area contributed by atoms with Crippen molar-refractivity contribution in [3.63, 3.8) is 0 Å². The van der Waals surface area contributed by atoms with Crippen LogP contribution in [0.2, 0.25) is 0 Å². The summed E-state index contributed by atoms with van der Waals surface area (Å²) in [6.07, 6.45) is -0.301. The molecular formula is C8H10N2O4. The molecule has 0 aliphatic rings. The summed E-state index contributed by atoms with van der Waals surface area (Å²) < 4.78 is 4.78. The molecule has 6 nitrogen and oxygen atoms in total. The molecule has 0 spiro atoms. The number of carbonyl (C=O) groups is 1. The number of aromatic nitrogens is 2. The van der Waals surface area contributed by atoms with E-state index in [0.717, 1.165) is 6.07 Å². The van der Waals surface area contributed by atoms with Crippen molar-refractivity contribution in [1.82, 2.24) is 9.97 Å². The summed E-state index contributed by atoms with van der Waals surface area (Å²) >= 11 is 0. The van der Waals surface area contributed by atoms with E-state index in [2.05, 4.69) is 4.98 Å². The largest absolute Gasteiger partial charge is 0.458 e. The number of nitrogens with one attached hydrogen (secondary N) is 2. The maximum atomic E-state index is 11.2. The number of carbonyl (C=O) groups excluding carboxylic acids is 1. The van der Waals surface area contributed by atoms with Crippen LogP contribution < -0.4 is 11.2 Å². The molecule has 0 aliphatic heterocycles. The SMILES string of the molecule is CC(C)OC(=O)c1cc(=O)[nH]c(=O)[nH]1. The fourth-order valence-electron chi connectivity index (χ4n) is 0.856. The normalized spacial score (nSPS) is 10.2. The minimum atomic E-state index is -0.729. The molecule has 0 fully saturated rings. The molecule has 0 saturated heterocycles. The standard InChI is InChI=1S/C8H10N2O4/c1-4(2)14-7(12)5-3-6(11)10-8(13)9-5/h3-4H,1-2H3,(H2,9,10,11,13). The Morgan fingerprint density at radius 3 is 2.50 bits per heavy atom. The van der Waals surface area contributed by atoms with Crippen LogP contribution in [0.15, 0.2) is 15.7 Å². The molecule has 0 bridgehead atoms. The van der Waals surface area contributed by atoms with E-state index in [9.17, 15) is 14.4 Å². The van der Waals surface area contributed by atoms with Crippen molar-refractivity contribution in [2.45, 2.75) is 20.0 Å². The molecule has 0 radical (unpaired) electrons. The molecule has 6 heteroatoms. The molecule has 1 aromatic heterocycles. The molecule has 1 rings (SSSR count). The van der Waals surface area contributed by atoms with E-state index in [1.807, 2.05) is 4.98 Å². The van der Waals surface area contributed by atoms with Gasteiger partial charge >= 0.3 is 11.7 Å². The zero-order valence-corrected chi connectivity index (χ0v) is 7.79. The van der Waals surface area contributed by atoms with Gasteiger partial charge in [0, 0.05) is 6.07 Å². The first-order valence-corrected chi connectivity index (χ1v) is 4.03. The van der Waals surface area contributed by atoms with Crippen LogP contribution in [-0.2, 0) is 4.74 Å². The van der Waals surface area contributed by atoms with Crippen LogP contribution in [0, 0.1) is 0 Å². The van der Waals surface area contributed by atoms with Gasteiger partial charge in [0.2, 0.25) is 0 Å². The van der Waals surface area contributed by atoms with Crippen molar-refractivity contribution in [1.29, 1.82) is 0 Å². The number of rotatable bonds is 2. The second kappa shape index (κ2) is 3.91. The van der Waals surface area contributed by atoms with Gasteiger partial charge in [-0.15, -0.1) is 0 Å². The first-order valence-electron chi connectivity index (χ1n) is 4.03. The molecular weight excluding hydrogens is 188 g/mol. The number of hydrogen-bond acceptors (Lipinski definition) is 4. The molecule has 0 atom stereocenters. The molecule has 1 heterocycles. The molecule has 0 saturated carbocycles. The van der Waals surface area contributed by atoms with Gasteiger partial charge in [-0.2, -0.15) is 0 Å². The molecule has 2 N–H and O–H groups in total. The van der Waals surface area contributed by atoms with Crippen LogP contribution in [0.3, 0.4) is 0 Å². The number of ether oxygens (including phenoxy) is 1. The Morgan fingerprint density at radius 2 is 2.00 bits per heavy atom. The zero-order chi connectivity index (χ0) is 10.7. The molecule has 0 aromatic carbocycles. The summed E-state index contributed by atoms with van der Waals surface area (Å²) in [5, 5.41) is 0. The highest BCUT2D eigenvalue weighted by Gasteiger charge is 2.10. The van der Waals surface area contributed by atoms with E-state index in [1.165, 1.54) is 0 Å². The van der Waals surface area contributed by atoms with Gasteiger partial charge in [0.25, 0.3) is 5.56 Å². The van der Waals surface area contributed by atoms with Crippen LogP contribution in [0.25, 0.3) is 0 Å². The summed E-state index contributed by atoms with van der Waals surface area (Å²) in [5.74, 6) is -0.719. The third-order valence-corrected chi connectivity index (χ3v) is 1.32. The van der Waals surface area contributed by atoms with E-state index in [4.69, 9.17) is 4.74 Å². The highest BCUT2D eigenvalue weighted by molar-refractivity contribution is 5.87. The first-order chi connectivity index (χ1) is 6.49. The first kappa shape index (κ1) is 10.2. The fraction of sp³-hybridized carbons (Fsp3) is 0.375. The Balaban J connectivity index is 3.02. The minimum Gasteiger partial charge on any atom is -0.458 e. The Bertz CT molecular complexity index is 415. The van der Waals surface area contributed by atoms with Crippen LogP contribution in [0.4, 0.5) is 0 Å². The summed E-state index contributed by atoms with van der Waals surface area (Å²) in [6, 6.07) is 0.978. The Kier molecular flexibility index (Phi) is 2.85. The van der Waals surface area contributed by atoms with Crippen molar-refractivity contribution in [2.75, 3.05) is 0 Å². The molecule has 0 unspecified atom stereocenters. The quantitative estimate of drug-likeness (QED) is 0.634. The third kappa shape index (κ3) is 2.58. The lowest BCUT2D eigenvalue weighted by atomic mass is 10.4. The molecule has 0 aliphatic carbocycles. The van der Waals surface area contributed by atoms with Gasteiger partial charge in [-0.25, -0.2) is 9.59 Å². The van der Waals surface area contributed by atoms with Gasteiger partial charge in [0.15, 0.2) is 0 Å². The zero-order valence-electron chi connectivity index (χ0n) is 7.79. The summed E-state index contributed by atoms with van der Waals surface area (Å²) in [4.78, 5) is 36.9. The predicted molar refractivity (Wildman–Crippen MR) is 48.2 cm³/mol. The average molecular weight is 198 g/mol. The lowest BCUT2D eigenvalue weighted by Gasteiger charge is -2.06. The van der Waals surface area contributed by atoms with E-state index < -0.39 is 17.2 Å². The average Bonchev–Trinajstić information content (AvgIpc) is 2.00. The Labute approximate surface area is 78.9 Å². The summed E-state index contributed by atoms with van der Waals surface area (Å²) in [5.41, 5.74) is -1.51. The molecule has 14 heavy (non-hydrogen) atoms. The van der Waals surface area contributed by atoms with Crippen molar-refractivity contribution in [3.05, 3.63) is 32.6 Å². The lowest BCUT2D eigenvalue weighted by Crippen LogP contribution is -2.26. The number of hydrogen-bond donors (Lipinski definition) is 2. The van der Waals surface area contributed by atoms with Crippen molar-refractivity contribution in [3.8, 4) is 0 Å². The van der Waals surface area contributed by atoms with Gasteiger partial charge in [-0.1, -0.05) is 0 Å². The van der Waals surface area contributed by atoms with Crippen molar-refractivity contribution in [2.24, 2.45) is 0 Å². The maximum Gasteiger partial charge on any atom is 0.355 e. The second-order valence-corrected chi connectivity index (χ2v) is 2.96. The fourth-order valence-corrected chi connectivity index (χ4v) is 0.856. The van der Waals surface area contributed by atoms with Crippen molar-refractivity contribution < 1.29 is 9.53 Å². The van der Waals surface area contributed by atoms with Crippen LogP contribution in [-0.4, -0.2) is 22.0 Å². The Morgan fingerprint density at radius 1 is 1.36 bits per heavy atom. The highest BCUT2D eigenvalue weighted by Crippen LogP contribution is 1.95.